The van der Waals surface area contributed by atoms with Crippen molar-refractivity contribution in [2.75, 3.05) is 6.54 Å². The van der Waals surface area contributed by atoms with Crippen molar-refractivity contribution < 1.29 is 0 Å². The molecule has 2 rings (SSSR count). The summed E-state index contributed by atoms with van der Waals surface area (Å²) < 4.78 is 0. The van der Waals surface area contributed by atoms with Crippen LogP contribution in [0.3, 0.4) is 0 Å². The van der Waals surface area contributed by atoms with Crippen LogP contribution in [0.2, 0.25) is 0 Å². The molecule has 1 aromatic rings. The summed E-state index contributed by atoms with van der Waals surface area (Å²) in [5, 5.41) is 3.83. The highest BCUT2D eigenvalue weighted by molar-refractivity contribution is 5.25. The van der Waals surface area contributed by atoms with Gasteiger partial charge in [-0.3, -0.25) is 0 Å². The Hall–Kier alpha value is -0.820. The lowest BCUT2D eigenvalue weighted by Gasteiger charge is -2.36. The first-order chi connectivity index (χ1) is 10.1. The third kappa shape index (κ3) is 4.57. The SMILES string of the molecule is CCCNC(c1cccc(C)c1)C1CCC(C(C)C)CC1. The van der Waals surface area contributed by atoms with Gasteiger partial charge in [-0.1, -0.05) is 50.6 Å². The van der Waals surface area contributed by atoms with Crippen molar-refractivity contribution in [1.82, 2.24) is 5.32 Å². The van der Waals surface area contributed by atoms with E-state index < -0.39 is 0 Å². The predicted molar refractivity (Wildman–Crippen MR) is 92.5 cm³/mol. The second kappa shape index (κ2) is 7.98. The molecule has 1 aliphatic carbocycles. The van der Waals surface area contributed by atoms with Gasteiger partial charge in [-0.15, -0.1) is 0 Å². The molecular weight excluding hydrogens is 254 g/mol. The molecule has 1 nitrogen and oxygen atoms in total. The van der Waals surface area contributed by atoms with Gasteiger partial charge in [-0.05, 0) is 68.9 Å². The van der Waals surface area contributed by atoms with Gasteiger partial charge in [0.1, 0.15) is 0 Å². The van der Waals surface area contributed by atoms with E-state index in [0.29, 0.717) is 6.04 Å². The van der Waals surface area contributed by atoms with Crippen molar-refractivity contribution in [3.05, 3.63) is 35.4 Å². The van der Waals surface area contributed by atoms with Crippen LogP contribution < -0.4 is 5.32 Å². The lowest BCUT2D eigenvalue weighted by Crippen LogP contribution is -2.32. The van der Waals surface area contributed by atoms with Crippen molar-refractivity contribution in [2.24, 2.45) is 17.8 Å². The van der Waals surface area contributed by atoms with Gasteiger partial charge in [0.15, 0.2) is 0 Å². The number of hydrogen-bond donors (Lipinski definition) is 1. The van der Waals surface area contributed by atoms with Crippen LogP contribution in [0.5, 0.6) is 0 Å². The van der Waals surface area contributed by atoms with Gasteiger partial charge in [0.05, 0.1) is 0 Å². The maximum atomic E-state index is 3.83. The molecular formula is C20H33N. The molecule has 118 valence electrons. The van der Waals surface area contributed by atoms with Crippen molar-refractivity contribution >= 4 is 0 Å². The summed E-state index contributed by atoms with van der Waals surface area (Å²) in [6, 6.07) is 9.66. The number of rotatable bonds is 6. The smallest absolute Gasteiger partial charge is 0.0348 e. The van der Waals surface area contributed by atoms with Crippen molar-refractivity contribution in [2.45, 2.75) is 65.8 Å². The molecule has 1 aromatic carbocycles. The summed E-state index contributed by atoms with van der Waals surface area (Å²) in [5.74, 6) is 2.62. The Morgan fingerprint density at radius 2 is 1.76 bits per heavy atom. The van der Waals surface area contributed by atoms with E-state index in [-0.39, 0.29) is 0 Å². The molecule has 0 radical (unpaired) electrons. The van der Waals surface area contributed by atoms with Crippen LogP contribution in [0.15, 0.2) is 24.3 Å². The number of aryl methyl sites for hydroxylation is 1. The summed E-state index contributed by atoms with van der Waals surface area (Å²) in [6.45, 7) is 10.4. The Morgan fingerprint density at radius 1 is 1.10 bits per heavy atom. The van der Waals surface area contributed by atoms with E-state index in [1.165, 1.54) is 43.2 Å². The Balaban J connectivity index is 2.06. The van der Waals surface area contributed by atoms with E-state index in [1.807, 2.05) is 0 Å². The molecule has 1 aliphatic rings. The minimum atomic E-state index is 0.554. The molecule has 1 fully saturated rings. The summed E-state index contributed by atoms with van der Waals surface area (Å²) in [5.41, 5.74) is 2.88. The highest BCUT2D eigenvalue weighted by Gasteiger charge is 2.29. The van der Waals surface area contributed by atoms with Crippen LogP contribution in [0, 0.1) is 24.7 Å². The Kier molecular flexibility index (Phi) is 6.29. The van der Waals surface area contributed by atoms with Gasteiger partial charge in [0, 0.05) is 6.04 Å². The molecule has 1 heteroatoms. The topological polar surface area (TPSA) is 12.0 Å². The van der Waals surface area contributed by atoms with Crippen LogP contribution >= 0.6 is 0 Å². The fourth-order valence-electron chi connectivity index (χ4n) is 3.87. The van der Waals surface area contributed by atoms with E-state index >= 15 is 0 Å². The monoisotopic (exact) mass is 287 g/mol. The molecule has 0 bridgehead atoms. The van der Waals surface area contributed by atoms with Crippen LogP contribution in [0.25, 0.3) is 0 Å². The lowest BCUT2D eigenvalue weighted by atomic mass is 9.73. The number of hydrogen-bond acceptors (Lipinski definition) is 1. The van der Waals surface area contributed by atoms with Crippen LogP contribution in [-0.4, -0.2) is 6.54 Å². The normalized spacial score (nSPS) is 24.2. The maximum absolute atomic E-state index is 3.83. The number of benzene rings is 1. The lowest BCUT2D eigenvalue weighted by molar-refractivity contribution is 0.189. The second-order valence-corrected chi connectivity index (χ2v) is 7.26. The maximum Gasteiger partial charge on any atom is 0.0348 e. The standard InChI is InChI=1S/C20H33N/c1-5-13-21-20(19-8-6-7-16(4)14-19)18-11-9-17(10-12-18)15(2)3/h6-8,14-15,17-18,20-21H,5,9-13H2,1-4H3. The van der Waals surface area contributed by atoms with Crippen molar-refractivity contribution in [3.63, 3.8) is 0 Å². The molecule has 1 saturated carbocycles. The first-order valence-corrected chi connectivity index (χ1v) is 8.91. The van der Waals surface area contributed by atoms with Gasteiger partial charge >= 0.3 is 0 Å². The number of nitrogens with one attached hydrogen (secondary N) is 1. The zero-order valence-electron chi connectivity index (χ0n) is 14.4. The fraction of sp³-hybridized carbons (Fsp3) is 0.700. The highest BCUT2D eigenvalue weighted by atomic mass is 14.9. The van der Waals surface area contributed by atoms with Crippen LogP contribution in [0.1, 0.15) is 70.0 Å². The van der Waals surface area contributed by atoms with E-state index in [1.54, 1.807) is 0 Å². The molecule has 0 saturated heterocycles. The third-order valence-electron chi connectivity index (χ3n) is 5.25. The Labute approximate surface area is 131 Å². The van der Waals surface area contributed by atoms with Gasteiger partial charge < -0.3 is 5.32 Å². The quantitative estimate of drug-likeness (QED) is 0.728. The first kappa shape index (κ1) is 16.5. The molecule has 0 aliphatic heterocycles. The zero-order chi connectivity index (χ0) is 15.2. The molecule has 0 amide bonds. The molecule has 0 aromatic heterocycles. The van der Waals surface area contributed by atoms with E-state index in [9.17, 15) is 0 Å². The van der Waals surface area contributed by atoms with Gasteiger partial charge in [-0.25, -0.2) is 0 Å². The van der Waals surface area contributed by atoms with Gasteiger partial charge in [-0.2, -0.15) is 0 Å². The summed E-state index contributed by atoms with van der Waals surface area (Å²) in [7, 11) is 0. The molecule has 0 spiro atoms. The summed E-state index contributed by atoms with van der Waals surface area (Å²) in [4.78, 5) is 0. The minimum absolute atomic E-state index is 0.554. The highest BCUT2D eigenvalue weighted by Crippen LogP contribution is 2.39. The van der Waals surface area contributed by atoms with E-state index in [2.05, 4.69) is 57.3 Å². The average Bonchev–Trinajstić information content (AvgIpc) is 2.48. The van der Waals surface area contributed by atoms with Crippen LogP contribution in [0.4, 0.5) is 0 Å². The first-order valence-electron chi connectivity index (χ1n) is 8.91. The van der Waals surface area contributed by atoms with E-state index in [4.69, 9.17) is 0 Å². The molecule has 1 atom stereocenters. The largest absolute Gasteiger partial charge is 0.310 e. The average molecular weight is 287 g/mol. The Bertz CT molecular complexity index is 416. The third-order valence-corrected chi connectivity index (χ3v) is 5.25. The van der Waals surface area contributed by atoms with Gasteiger partial charge in [0.25, 0.3) is 0 Å². The Morgan fingerprint density at radius 3 is 2.33 bits per heavy atom. The molecule has 21 heavy (non-hydrogen) atoms. The summed E-state index contributed by atoms with van der Waals surface area (Å²) >= 11 is 0. The van der Waals surface area contributed by atoms with Crippen molar-refractivity contribution in [1.29, 1.82) is 0 Å². The molecule has 0 heterocycles. The van der Waals surface area contributed by atoms with Crippen molar-refractivity contribution in [3.8, 4) is 0 Å². The fourth-order valence-corrected chi connectivity index (χ4v) is 3.87. The van der Waals surface area contributed by atoms with Gasteiger partial charge in [0.2, 0.25) is 0 Å². The minimum Gasteiger partial charge on any atom is -0.310 e. The zero-order valence-corrected chi connectivity index (χ0v) is 14.4. The predicted octanol–water partition coefficient (Wildman–Crippen LogP) is 5.50. The van der Waals surface area contributed by atoms with E-state index in [0.717, 1.165) is 24.3 Å². The van der Waals surface area contributed by atoms with Crippen LogP contribution in [-0.2, 0) is 0 Å². The molecule has 1 unspecified atom stereocenters. The second-order valence-electron chi connectivity index (χ2n) is 7.26. The summed E-state index contributed by atoms with van der Waals surface area (Å²) in [6.07, 6.45) is 6.82. The molecule has 1 N–H and O–H groups in total.